The minimum atomic E-state index is 0.0963. The second kappa shape index (κ2) is 6.93. The van der Waals surface area contributed by atoms with Crippen molar-refractivity contribution in [2.45, 2.75) is 31.7 Å². The molecule has 0 aliphatic carbocycles. The fourth-order valence-corrected chi connectivity index (χ4v) is 4.53. The number of anilines is 1. The monoisotopic (exact) mass is 345 g/mol. The van der Waals surface area contributed by atoms with Crippen LogP contribution in [0.4, 0.5) is 5.13 Å². The molecule has 1 amide bonds. The highest BCUT2D eigenvalue weighted by molar-refractivity contribution is 7.13. The summed E-state index contributed by atoms with van der Waals surface area (Å²) in [5.41, 5.74) is 0. The van der Waals surface area contributed by atoms with Gasteiger partial charge >= 0.3 is 0 Å². The number of piperidine rings is 2. The van der Waals surface area contributed by atoms with Crippen molar-refractivity contribution in [2.24, 2.45) is 5.92 Å². The first-order valence-electron chi connectivity index (χ1n) is 8.73. The summed E-state index contributed by atoms with van der Waals surface area (Å²) in [7, 11) is 0. The van der Waals surface area contributed by atoms with Crippen LogP contribution in [0.1, 0.15) is 31.7 Å². The molecule has 2 aliphatic rings. The largest absolute Gasteiger partial charge is 0.347 e. The summed E-state index contributed by atoms with van der Waals surface area (Å²) >= 11 is 1.66. The fourth-order valence-electron chi connectivity index (χ4n) is 3.85. The summed E-state index contributed by atoms with van der Waals surface area (Å²) in [6, 6.07) is 2.27. The van der Waals surface area contributed by atoms with E-state index in [9.17, 15) is 4.79 Å². The number of thiazole rings is 1. The van der Waals surface area contributed by atoms with Gasteiger partial charge in [0.2, 0.25) is 5.91 Å². The lowest BCUT2D eigenvalue weighted by Crippen LogP contribution is -2.48. The first-order chi connectivity index (χ1) is 11.8. The molecule has 24 heavy (non-hydrogen) atoms. The van der Waals surface area contributed by atoms with E-state index in [0.29, 0.717) is 11.9 Å². The van der Waals surface area contributed by atoms with E-state index in [-0.39, 0.29) is 5.92 Å². The summed E-state index contributed by atoms with van der Waals surface area (Å²) in [5, 5.41) is 7.40. The van der Waals surface area contributed by atoms with E-state index in [1.54, 1.807) is 11.3 Å². The second-order valence-corrected chi connectivity index (χ2v) is 7.54. The molecule has 0 bridgehead atoms. The molecule has 0 unspecified atom stereocenters. The zero-order valence-electron chi connectivity index (χ0n) is 13.8. The minimum Gasteiger partial charge on any atom is -0.347 e. The number of amides is 1. The van der Waals surface area contributed by atoms with Crippen LogP contribution in [0.3, 0.4) is 0 Å². The van der Waals surface area contributed by atoms with Crippen LogP contribution in [0.15, 0.2) is 30.0 Å². The van der Waals surface area contributed by atoms with Crippen molar-refractivity contribution in [3.63, 3.8) is 0 Å². The highest BCUT2D eigenvalue weighted by Crippen LogP contribution is 2.28. The smallest absolute Gasteiger partial charge is 0.227 e. The molecule has 128 valence electrons. The Morgan fingerprint density at radius 1 is 1.17 bits per heavy atom. The van der Waals surface area contributed by atoms with Crippen LogP contribution in [0.2, 0.25) is 0 Å². The molecule has 0 spiro atoms. The number of carbonyl (C=O) groups is 1. The van der Waals surface area contributed by atoms with E-state index in [2.05, 4.69) is 19.9 Å². The normalized spacial score (nSPS) is 25.0. The summed E-state index contributed by atoms with van der Waals surface area (Å²) in [6.07, 6.45) is 9.86. The van der Waals surface area contributed by atoms with Gasteiger partial charge < -0.3 is 9.80 Å². The topological polar surface area (TPSA) is 54.3 Å². The van der Waals surface area contributed by atoms with Gasteiger partial charge in [0.25, 0.3) is 0 Å². The number of carbonyl (C=O) groups excluding carboxylic acids is 1. The summed E-state index contributed by atoms with van der Waals surface area (Å²) in [4.78, 5) is 21.8. The van der Waals surface area contributed by atoms with Gasteiger partial charge in [-0.25, -0.2) is 4.98 Å². The summed E-state index contributed by atoms with van der Waals surface area (Å²) < 4.78 is 2.00. The van der Waals surface area contributed by atoms with Crippen LogP contribution in [0.5, 0.6) is 0 Å². The third kappa shape index (κ3) is 3.17. The van der Waals surface area contributed by atoms with Crippen LogP contribution in [0, 0.1) is 5.92 Å². The van der Waals surface area contributed by atoms with Gasteiger partial charge in [-0.1, -0.05) is 0 Å². The Bertz CT molecular complexity index is 600. The lowest BCUT2D eigenvalue weighted by Gasteiger charge is -2.38. The molecule has 0 saturated carbocycles. The Labute approximate surface area is 146 Å². The van der Waals surface area contributed by atoms with Crippen molar-refractivity contribution in [1.82, 2.24) is 19.7 Å². The van der Waals surface area contributed by atoms with Crippen LogP contribution in [0.25, 0.3) is 0 Å². The van der Waals surface area contributed by atoms with E-state index in [4.69, 9.17) is 0 Å². The molecule has 2 aromatic rings. The first kappa shape index (κ1) is 15.6. The first-order valence-corrected chi connectivity index (χ1v) is 9.61. The number of likely N-dealkylation sites (tertiary alicyclic amines) is 1. The third-order valence-corrected chi connectivity index (χ3v) is 5.90. The van der Waals surface area contributed by atoms with E-state index in [1.807, 2.05) is 34.7 Å². The maximum atomic E-state index is 13.0. The van der Waals surface area contributed by atoms with Gasteiger partial charge in [0.05, 0.1) is 12.0 Å². The van der Waals surface area contributed by atoms with Gasteiger partial charge in [-0.3, -0.25) is 9.48 Å². The molecule has 7 heteroatoms. The fraction of sp³-hybridized carbons (Fsp3) is 0.588. The Hall–Kier alpha value is -1.89. The molecule has 4 rings (SSSR count). The quantitative estimate of drug-likeness (QED) is 0.857. The number of nitrogens with zero attached hydrogens (tertiary/aromatic N) is 5. The lowest BCUT2D eigenvalue weighted by molar-refractivity contribution is -0.137. The molecule has 2 atom stereocenters. The predicted molar refractivity (Wildman–Crippen MR) is 94.1 cm³/mol. The molecule has 2 aromatic heterocycles. The number of aromatic nitrogens is 3. The molecule has 0 N–H and O–H groups in total. The van der Waals surface area contributed by atoms with Crippen molar-refractivity contribution in [2.75, 3.05) is 31.1 Å². The highest BCUT2D eigenvalue weighted by Gasteiger charge is 2.33. The molecule has 2 aliphatic heterocycles. The Kier molecular flexibility index (Phi) is 4.51. The van der Waals surface area contributed by atoms with Crippen molar-refractivity contribution >= 4 is 22.4 Å². The van der Waals surface area contributed by atoms with E-state index < -0.39 is 0 Å². The zero-order chi connectivity index (χ0) is 16.4. The van der Waals surface area contributed by atoms with Crippen molar-refractivity contribution in [3.05, 3.63) is 30.0 Å². The Balaban J connectivity index is 1.41. The van der Waals surface area contributed by atoms with Crippen LogP contribution in [-0.2, 0) is 4.79 Å². The number of rotatable bonds is 3. The van der Waals surface area contributed by atoms with Gasteiger partial charge in [0, 0.05) is 50.1 Å². The Morgan fingerprint density at radius 3 is 2.88 bits per heavy atom. The van der Waals surface area contributed by atoms with Crippen molar-refractivity contribution < 1.29 is 4.79 Å². The lowest BCUT2D eigenvalue weighted by atomic mass is 9.95. The summed E-state index contributed by atoms with van der Waals surface area (Å²) in [5.74, 6) is 0.409. The zero-order valence-corrected chi connectivity index (χ0v) is 14.6. The standard InChI is InChI=1S/C17H23N5OS/c23-16(14-4-1-9-21(12-14)17-18-7-11-24-17)20-8-2-5-15(13-20)22-10-3-6-19-22/h3,6-7,10-11,14-15H,1-2,4-5,8-9,12-13H2/t14-,15-/m0/s1. The van der Waals surface area contributed by atoms with E-state index >= 15 is 0 Å². The SMILES string of the molecule is O=C([C@H]1CCCN(c2nccs2)C1)N1CCC[C@H](n2cccn2)C1. The number of hydrogen-bond donors (Lipinski definition) is 0. The van der Waals surface area contributed by atoms with Crippen LogP contribution in [-0.4, -0.2) is 51.8 Å². The molecule has 0 radical (unpaired) electrons. The van der Waals surface area contributed by atoms with Crippen LogP contribution < -0.4 is 4.90 Å². The third-order valence-electron chi connectivity index (χ3n) is 5.07. The average Bonchev–Trinajstić information content (AvgIpc) is 3.35. The van der Waals surface area contributed by atoms with Gasteiger partial charge in [-0.2, -0.15) is 5.10 Å². The summed E-state index contributed by atoms with van der Waals surface area (Å²) in [6.45, 7) is 3.47. The molecule has 2 fully saturated rings. The molecule has 4 heterocycles. The molecule has 6 nitrogen and oxygen atoms in total. The number of hydrogen-bond acceptors (Lipinski definition) is 5. The molecular weight excluding hydrogens is 322 g/mol. The second-order valence-electron chi connectivity index (χ2n) is 6.67. The van der Waals surface area contributed by atoms with E-state index in [1.165, 1.54) is 0 Å². The van der Waals surface area contributed by atoms with Gasteiger partial charge in [-0.15, -0.1) is 11.3 Å². The minimum absolute atomic E-state index is 0.0963. The highest BCUT2D eigenvalue weighted by atomic mass is 32.1. The van der Waals surface area contributed by atoms with Crippen molar-refractivity contribution in [1.29, 1.82) is 0 Å². The maximum Gasteiger partial charge on any atom is 0.227 e. The van der Waals surface area contributed by atoms with Gasteiger partial charge in [0.15, 0.2) is 5.13 Å². The van der Waals surface area contributed by atoms with Crippen LogP contribution >= 0.6 is 11.3 Å². The van der Waals surface area contributed by atoms with Gasteiger partial charge in [0.1, 0.15) is 0 Å². The van der Waals surface area contributed by atoms with Gasteiger partial charge in [-0.05, 0) is 31.7 Å². The average molecular weight is 345 g/mol. The maximum absolute atomic E-state index is 13.0. The molecule has 2 saturated heterocycles. The predicted octanol–water partition coefficient (Wildman–Crippen LogP) is 2.42. The van der Waals surface area contributed by atoms with E-state index in [0.717, 1.165) is 57.0 Å². The van der Waals surface area contributed by atoms with Crippen molar-refractivity contribution in [3.8, 4) is 0 Å². The Morgan fingerprint density at radius 2 is 2.08 bits per heavy atom. The molecule has 0 aromatic carbocycles. The molecular formula is C17H23N5OS.